The number of amides is 1. The maximum Gasteiger partial charge on any atom is 0.282 e. The van der Waals surface area contributed by atoms with Gasteiger partial charge in [0.1, 0.15) is 6.04 Å². The number of hydrogen-bond donors (Lipinski definition) is 1. The lowest BCUT2D eigenvalue weighted by Crippen LogP contribution is -2.87. The van der Waals surface area contributed by atoms with Crippen LogP contribution in [0.5, 0.6) is 0 Å². The zero-order valence-corrected chi connectivity index (χ0v) is 13.2. The van der Waals surface area contributed by atoms with Crippen molar-refractivity contribution in [3.63, 3.8) is 0 Å². The maximum atomic E-state index is 12.6. The summed E-state index contributed by atoms with van der Waals surface area (Å²) >= 11 is 0. The number of anilines is 1. The summed E-state index contributed by atoms with van der Waals surface area (Å²) in [5.74, 6) is 0.195. The van der Waals surface area contributed by atoms with Crippen molar-refractivity contribution in [1.82, 2.24) is 0 Å². The Morgan fingerprint density at radius 2 is 1.86 bits per heavy atom. The third-order valence-electron chi connectivity index (χ3n) is 4.45. The molecule has 0 saturated heterocycles. The predicted molar refractivity (Wildman–Crippen MR) is 88.7 cm³/mol. The number of hydrogen-bond acceptors (Lipinski definition) is 1. The highest BCUT2D eigenvalue weighted by Crippen LogP contribution is 2.31. The Hall–Kier alpha value is -2.13. The lowest BCUT2D eigenvalue weighted by atomic mass is 10.1. The molecule has 3 rings (SSSR count). The molecule has 1 aliphatic rings. The van der Waals surface area contributed by atoms with Crippen LogP contribution in [-0.4, -0.2) is 18.5 Å². The lowest BCUT2D eigenvalue weighted by molar-refractivity contribution is -0.682. The Balaban J connectivity index is 1.65. The van der Waals surface area contributed by atoms with Crippen molar-refractivity contribution in [3.05, 3.63) is 65.7 Å². The number of para-hydroxylation sites is 1. The first-order chi connectivity index (χ1) is 10.7. The monoisotopic (exact) mass is 295 g/mol. The highest BCUT2D eigenvalue weighted by Gasteiger charge is 2.31. The molecule has 3 nitrogen and oxygen atoms in total. The van der Waals surface area contributed by atoms with E-state index in [1.165, 1.54) is 11.1 Å². The summed E-state index contributed by atoms with van der Waals surface area (Å²) in [5.41, 5.74) is 3.62. The fourth-order valence-electron chi connectivity index (χ4n) is 3.21. The van der Waals surface area contributed by atoms with Gasteiger partial charge in [0.2, 0.25) is 0 Å². The fourth-order valence-corrected chi connectivity index (χ4v) is 3.21. The second-order valence-electron chi connectivity index (χ2n) is 6.08. The number of carbonyl (C=O) groups excluding carboxylic acids is 1. The Kier molecular flexibility index (Phi) is 4.25. The van der Waals surface area contributed by atoms with E-state index in [2.05, 4.69) is 43.4 Å². The molecule has 0 fully saturated rings. The molecule has 2 aromatic rings. The SMILES string of the molecule is C[C@H]([NH2+]CC(=O)N1c2ccccc2C[C@H]1C)c1ccccc1. The van der Waals surface area contributed by atoms with E-state index < -0.39 is 0 Å². The molecule has 0 radical (unpaired) electrons. The first kappa shape index (κ1) is 14.8. The average molecular weight is 295 g/mol. The third kappa shape index (κ3) is 2.90. The van der Waals surface area contributed by atoms with Gasteiger partial charge in [-0.2, -0.15) is 0 Å². The molecular formula is C19H23N2O+. The highest BCUT2D eigenvalue weighted by molar-refractivity contribution is 5.96. The Bertz CT molecular complexity index is 653. The van der Waals surface area contributed by atoms with Gasteiger partial charge in [0, 0.05) is 17.3 Å². The summed E-state index contributed by atoms with van der Waals surface area (Å²) in [6, 6.07) is 19.1. The van der Waals surface area contributed by atoms with Crippen LogP contribution in [0.3, 0.4) is 0 Å². The molecule has 1 heterocycles. The minimum absolute atomic E-state index is 0.195. The Morgan fingerprint density at radius 1 is 1.18 bits per heavy atom. The van der Waals surface area contributed by atoms with Gasteiger partial charge in [-0.25, -0.2) is 0 Å². The first-order valence-corrected chi connectivity index (χ1v) is 7.95. The Labute approximate surface area is 132 Å². The van der Waals surface area contributed by atoms with E-state index in [-0.39, 0.29) is 11.9 Å². The number of fused-ring (bicyclic) bond motifs is 1. The number of benzene rings is 2. The first-order valence-electron chi connectivity index (χ1n) is 7.95. The topological polar surface area (TPSA) is 36.9 Å². The molecule has 0 aromatic heterocycles. The average Bonchev–Trinajstić information content (AvgIpc) is 2.89. The van der Waals surface area contributed by atoms with Gasteiger partial charge in [0.05, 0.1) is 0 Å². The molecule has 2 N–H and O–H groups in total. The number of nitrogens with zero attached hydrogens (tertiary/aromatic N) is 1. The summed E-state index contributed by atoms with van der Waals surface area (Å²) in [6.07, 6.45) is 0.955. The normalized spacial score (nSPS) is 18.1. The van der Waals surface area contributed by atoms with Gasteiger partial charge in [0.15, 0.2) is 6.54 Å². The van der Waals surface area contributed by atoms with Crippen LogP contribution in [0, 0.1) is 0 Å². The summed E-state index contributed by atoms with van der Waals surface area (Å²) in [7, 11) is 0. The quantitative estimate of drug-likeness (QED) is 0.923. The van der Waals surface area contributed by atoms with Crippen LogP contribution in [0.2, 0.25) is 0 Å². The summed E-state index contributed by atoms with van der Waals surface area (Å²) in [5, 5.41) is 2.12. The van der Waals surface area contributed by atoms with Crippen molar-refractivity contribution in [2.75, 3.05) is 11.4 Å². The van der Waals surface area contributed by atoms with E-state index in [0.717, 1.165) is 12.1 Å². The van der Waals surface area contributed by atoms with Gasteiger partial charge in [-0.1, -0.05) is 48.5 Å². The number of rotatable bonds is 4. The van der Waals surface area contributed by atoms with Crippen LogP contribution < -0.4 is 10.2 Å². The molecule has 2 atom stereocenters. The van der Waals surface area contributed by atoms with Gasteiger partial charge in [0.25, 0.3) is 5.91 Å². The molecule has 2 aromatic carbocycles. The zero-order valence-electron chi connectivity index (χ0n) is 13.2. The van der Waals surface area contributed by atoms with Crippen LogP contribution >= 0.6 is 0 Å². The van der Waals surface area contributed by atoms with E-state index in [1.807, 2.05) is 35.2 Å². The molecule has 0 spiro atoms. The molecule has 0 aliphatic carbocycles. The highest BCUT2D eigenvalue weighted by atomic mass is 16.2. The molecule has 1 aliphatic heterocycles. The van der Waals surface area contributed by atoms with Gasteiger partial charge in [-0.05, 0) is 31.9 Å². The number of nitrogens with two attached hydrogens (primary N) is 1. The van der Waals surface area contributed by atoms with E-state index >= 15 is 0 Å². The molecule has 114 valence electrons. The van der Waals surface area contributed by atoms with Crippen molar-refractivity contribution < 1.29 is 10.1 Å². The van der Waals surface area contributed by atoms with Gasteiger partial charge >= 0.3 is 0 Å². The van der Waals surface area contributed by atoms with Crippen LogP contribution in [0.15, 0.2) is 54.6 Å². The third-order valence-corrected chi connectivity index (χ3v) is 4.45. The summed E-state index contributed by atoms with van der Waals surface area (Å²) in [4.78, 5) is 14.6. The predicted octanol–water partition coefficient (Wildman–Crippen LogP) is 2.29. The van der Waals surface area contributed by atoms with Crippen molar-refractivity contribution in [1.29, 1.82) is 0 Å². The largest absolute Gasteiger partial charge is 0.333 e. The summed E-state index contributed by atoms with van der Waals surface area (Å²) < 4.78 is 0. The van der Waals surface area contributed by atoms with Crippen LogP contribution in [0.25, 0.3) is 0 Å². The maximum absolute atomic E-state index is 12.6. The smallest absolute Gasteiger partial charge is 0.282 e. The van der Waals surface area contributed by atoms with Crippen molar-refractivity contribution >= 4 is 11.6 Å². The van der Waals surface area contributed by atoms with Crippen LogP contribution in [-0.2, 0) is 11.2 Å². The Morgan fingerprint density at radius 3 is 2.64 bits per heavy atom. The fraction of sp³-hybridized carbons (Fsp3) is 0.316. The second kappa shape index (κ2) is 6.32. The molecule has 1 amide bonds. The van der Waals surface area contributed by atoms with Gasteiger partial charge in [-0.3, -0.25) is 4.79 Å². The molecule has 0 bridgehead atoms. The summed E-state index contributed by atoms with van der Waals surface area (Å²) in [6.45, 7) is 4.75. The van der Waals surface area contributed by atoms with Crippen molar-refractivity contribution in [3.8, 4) is 0 Å². The van der Waals surface area contributed by atoms with E-state index in [0.29, 0.717) is 12.6 Å². The van der Waals surface area contributed by atoms with Crippen LogP contribution in [0.4, 0.5) is 5.69 Å². The van der Waals surface area contributed by atoms with Crippen molar-refractivity contribution in [2.24, 2.45) is 0 Å². The standard InChI is InChI=1S/C19H22N2O/c1-14-12-17-10-6-7-11-18(17)21(14)19(22)13-20-15(2)16-8-4-3-5-9-16/h3-11,14-15,20H,12-13H2,1-2H3/p+1/t14-,15+/m1/s1. The van der Waals surface area contributed by atoms with Crippen LogP contribution in [0.1, 0.15) is 31.0 Å². The second-order valence-corrected chi connectivity index (χ2v) is 6.08. The molecule has 22 heavy (non-hydrogen) atoms. The van der Waals surface area contributed by atoms with E-state index in [4.69, 9.17) is 0 Å². The van der Waals surface area contributed by atoms with E-state index in [1.54, 1.807) is 0 Å². The van der Waals surface area contributed by atoms with Gasteiger partial charge < -0.3 is 10.2 Å². The van der Waals surface area contributed by atoms with E-state index in [9.17, 15) is 4.79 Å². The van der Waals surface area contributed by atoms with Crippen molar-refractivity contribution in [2.45, 2.75) is 32.4 Å². The number of quaternary nitrogens is 1. The molecule has 0 unspecified atom stereocenters. The zero-order chi connectivity index (χ0) is 15.5. The minimum Gasteiger partial charge on any atom is -0.333 e. The number of carbonyl (C=O) groups is 1. The lowest BCUT2D eigenvalue weighted by Gasteiger charge is -2.22. The molecule has 0 saturated carbocycles. The molecule has 3 heteroatoms. The molecular weight excluding hydrogens is 272 g/mol. The van der Waals surface area contributed by atoms with Gasteiger partial charge in [-0.15, -0.1) is 0 Å². The minimum atomic E-state index is 0.195.